The number of aromatic nitrogens is 1. The first kappa shape index (κ1) is 20.4. The fourth-order valence-electron chi connectivity index (χ4n) is 2.84. The highest BCUT2D eigenvalue weighted by Crippen LogP contribution is 2.32. The van der Waals surface area contributed by atoms with Gasteiger partial charge in [0, 0.05) is 19.1 Å². The topological polar surface area (TPSA) is 58.4 Å². The van der Waals surface area contributed by atoms with Gasteiger partial charge in [0.2, 0.25) is 5.89 Å². The number of carbonyl (C=O) groups is 1. The molecule has 0 aliphatic heterocycles. The number of hydrogen-bond donors (Lipinski definition) is 1. The molecule has 0 atom stereocenters. The Bertz CT molecular complexity index is 796. The van der Waals surface area contributed by atoms with Gasteiger partial charge in [-0.25, -0.2) is 4.98 Å². The number of nitrogens with zero attached hydrogens (tertiary/aromatic N) is 2. The molecule has 1 aromatic heterocycles. The van der Waals surface area contributed by atoms with Gasteiger partial charge in [-0.05, 0) is 36.5 Å². The van der Waals surface area contributed by atoms with Crippen LogP contribution in [0.4, 0.5) is 13.2 Å². The van der Waals surface area contributed by atoms with Gasteiger partial charge >= 0.3 is 6.18 Å². The molecule has 3 rings (SSSR count). The number of benzene rings is 1. The molecular formula is C20H24F3N3O2. The minimum atomic E-state index is -4.33. The molecule has 2 aromatic rings. The summed E-state index contributed by atoms with van der Waals surface area (Å²) < 4.78 is 43.6. The maximum absolute atomic E-state index is 12.7. The largest absolute Gasteiger partial charge is 0.447 e. The van der Waals surface area contributed by atoms with E-state index < -0.39 is 11.7 Å². The van der Waals surface area contributed by atoms with Crippen molar-refractivity contribution < 1.29 is 22.4 Å². The van der Waals surface area contributed by atoms with Crippen molar-refractivity contribution >= 4 is 5.91 Å². The smallest absolute Gasteiger partial charge is 0.416 e. The van der Waals surface area contributed by atoms with E-state index in [1.165, 1.54) is 18.4 Å². The van der Waals surface area contributed by atoms with E-state index in [9.17, 15) is 18.0 Å². The van der Waals surface area contributed by atoms with Gasteiger partial charge in [-0.15, -0.1) is 0 Å². The van der Waals surface area contributed by atoms with Gasteiger partial charge in [-0.2, -0.15) is 13.2 Å². The van der Waals surface area contributed by atoms with Crippen LogP contribution in [0.1, 0.15) is 54.2 Å². The van der Waals surface area contributed by atoms with E-state index in [1.807, 2.05) is 13.8 Å². The Morgan fingerprint density at radius 3 is 2.50 bits per heavy atom. The van der Waals surface area contributed by atoms with Gasteiger partial charge in [0.1, 0.15) is 6.26 Å². The maximum Gasteiger partial charge on any atom is 0.416 e. The predicted octanol–water partition coefficient (Wildman–Crippen LogP) is 4.24. The van der Waals surface area contributed by atoms with Crippen molar-refractivity contribution in [3.63, 3.8) is 0 Å². The first-order chi connectivity index (χ1) is 13.2. The number of nitrogens with one attached hydrogen (secondary N) is 1. The fraction of sp³-hybridized carbons (Fsp3) is 0.500. The van der Waals surface area contributed by atoms with Gasteiger partial charge in [0.15, 0.2) is 5.69 Å². The summed E-state index contributed by atoms with van der Waals surface area (Å²) in [4.78, 5) is 18.4. The van der Waals surface area contributed by atoms with Crippen molar-refractivity contribution in [2.75, 3.05) is 6.54 Å². The fourth-order valence-corrected chi connectivity index (χ4v) is 2.84. The maximum atomic E-state index is 12.7. The Morgan fingerprint density at radius 1 is 1.25 bits per heavy atom. The average Bonchev–Trinajstić information content (AvgIpc) is 3.38. The molecule has 0 spiro atoms. The Kier molecular flexibility index (Phi) is 6.07. The molecular weight excluding hydrogens is 371 g/mol. The molecule has 0 radical (unpaired) electrons. The van der Waals surface area contributed by atoms with Crippen LogP contribution in [0.5, 0.6) is 0 Å². The molecule has 8 heteroatoms. The van der Waals surface area contributed by atoms with Crippen LogP contribution in [0.2, 0.25) is 0 Å². The lowest BCUT2D eigenvalue weighted by molar-refractivity contribution is -0.137. The van der Waals surface area contributed by atoms with E-state index in [0.717, 1.165) is 30.5 Å². The highest BCUT2D eigenvalue weighted by Gasteiger charge is 2.32. The zero-order valence-electron chi connectivity index (χ0n) is 15.9. The van der Waals surface area contributed by atoms with Crippen LogP contribution < -0.4 is 5.32 Å². The summed E-state index contributed by atoms with van der Waals surface area (Å²) in [5, 5.41) is 2.79. The summed E-state index contributed by atoms with van der Waals surface area (Å²) in [6.07, 6.45) is -0.931. The molecule has 28 heavy (non-hydrogen) atoms. The Labute approximate surface area is 161 Å². The number of amides is 1. The molecule has 1 aliphatic carbocycles. The van der Waals surface area contributed by atoms with E-state index >= 15 is 0 Å². The summed E-state index contributed by atoms with van der Waals surface area (Å²) in [6.45, 7) is 5.47. The van der Waals surface area contributed by atoms with E-state index in [4.69, 9.17) is 4.42 Å². The van der Waals surface area contributed by atoms with Crippen molar-refractivity contribution in [3.05, 3.63) is 53.2 Å². The van der Waals surface area contributed by atoms with Gasteiger partial charge in [0.05, 0.1) is 12.1 Å². The molecule has 0 unspecified atom stereocenters. The highest BCUT2D eigenvalue weighted by atomic mass is 19.4. The molecule has 5 nitrogen and oxygen atoms in total. The van der Waals surface area contributed by atoms with Crippen LogP contribution in [0, 0.1) is 5.92 Å². The zero-order chi connectivity index (χ0) is 20.3. The minimum Gasteiger partial charge on any atom is -0.447 e. The van der Waals surface area contributed by atoms with Crippen molar-refractivity contribution in [1.82, 2.24) is 15.2 Å². The molecule has 0 bridgehead atoms. The zero-order valence-corrected chi connectivity index (χ0v) is 15.9. The molecule has 152 valence electrons. The minimum absolute atomic E-state index is 0.237. The van der Waals surface area contributed by atoms with Crippen molar-refractivity contribution in [3.8, 4) is 0 Å². The Balaban J connectivity index is 1.62. The van der Waals surface area contributed by atoms with Crippen molar-refractivity contribution in [2.45, 2.75) is 52.0 Å². The second-order valence-electron chi connectivity index (χ2n) is 7.56. The van der Waals surface area contributed by atoms with E-state index in [1.54, 1.807) is 0 Å². The van der Waals surface area contributed by atoms with Gasteiger partial charge in [-0.1, -0.05) is 26.0 Å². The standard InChI is InChI=1S/C20H24F3N3O2/c1-13(2)9-24-19(27)17-12-28-18(25-17)11-26(16-7-8-16)10-14-3-5-15(6-4-14)20(21,22)23/h3-6,12-13,16H,7-11H2,1-2H3,(H,24,27). The van der Waals surface area contributed by atoms with Crippen molar-refractivity contribution in [1.29, 1.82) is 0 Å². The molecule has 1 aliphatic rings. The monoisotopic (exact) mass is 395 g/mol. The van der Waals surface area contributed by atoms with Gasteiger partial charge in [-0.3, -0.25) is 9.69 Å². The third-order valence-corrected chi connectivity index (χ3v) is 4.52. The van der Waals surface area contributed by atoms with Crippen LogP contribution in [0.25, 0.3) is 0 Å². The second-order valence-corrected chi connectivity index (χ2v) is 7.56. The van der Waals surface area contributed by atoms with Crippen LogP contribution in [-0.4, -0.2) is 28.4 Å². The van der Waals surface area contributed by atoms with Gasteiger partial charge in [0.25, 0.3) is 5.91 Å². The predicted molar refractivity (Wildman–Crippen MR) is 97.4 cm³/mol. The highest BCUT2D eigenvalue weighted by molar-refractivity contribution is 5.91. The molecule has 1 aromatic carbocycles. The lowest BCUT2D eigenvalue weighted by Gasteiger charge is -2.20. The molecule has 1 amide bonds. The van der Waals surface area contributed by atoms with Crippen LogP contribution >= 0.6 is 0 Å². The second kappa shape index (κ2) is 8.34. The summed E-state index contributed by atoms with van der Waals surface area (Å²) in [6, 6.07) is 5.55. The van der Waals surface area contributed by atoms with Crippen LogP contribution in [-0.2, 0) is 19.3 Å². The molecule has 1 heterocycles. The third kappa shape index (κ3) is 5.58. The lowest BCUT2D eigenvalue weighted by atomic mass is 10.1. The number of oxazole rings is 1. The summed E-state index contributed by atoms with van der Waals surface area (Å²) in [5.41, 5.74) is 0.376. The summed E-state index contributed by atoms with van der Waals surface area (Å²) in [5.74, 6) is 0.488. The molecule has 0 saturated heterocycles. The summed E-state index contributed by atoms with van der Waals surface area (Å²) in [7, 11) is 0. The van der Waals surface area contributed by atoms with Crippen LogP contribution in [0.3, 0.4) is 0 Å². The summed E-state index contributed by atoms with van der Waals surface area (Å²) >= 11 is 0. The third-order valence-electron chi connectivity index (χ3n) is 4.52. The Morgan fingerprint density at radius 2 is 1.93 bits per heavy atom. The number of halogens is 3. The number of alkyl halides is 3. The number of hydrogen-bond acceptors (Lipinski definition) is 4. The molecule has 1 fully saturated rings. The van der Waals surface area contributed by atoms with E-state index in [2.05, 4.69) is 15.2 Å². The van der Waals surface area contributed by atoms with E-state index in [0.29, 0.717) is 37.5 Å². The number of rotatable bonds is 8. The Hall–Kier alpha value is -2.35. The first-order valence-electron chi connectivity index (χ1n) is 9.35. The van der Waals surface area contributed by atoms with Gasteiger partial charge < -0.3 is 9.73 Å². The first-order valence-corrected chi connectivity index (χ1v) is 9.35. The SMILES string of the molecule is CC(C)CNC(=O)c1coc(CN(Cc2ccc(C(F)(F)F)cc2)C2CC2)n1. The number of carbonyl (C=O) groups excluding carboxylic acids is 1. The van der Waals surface area contributed by atoms with Crippen LogP contribution in [0.15, 0.2) is 34.9 Å². The quantitative estimate of drug-likeness (QED) is 0.726. The molecule has 1 N–H and O–H groups in total. The lowest BCUT2D eigenvalue weighted by Crippen LogP contribution is -2.28. The van der Waals surface area contributed by atoms with Crippen molar-refractivity contribution in [2.24, 2.45) is 5.92 Å². The normalized spacial score (nSPS) is 14.7. The average molecular weight is 395 g/mol. The molecule has 1 saturated carbocycles. The van der Waals surface area contributed by atoms with E-state index in [-0.39, 0.29) is 11.6 Å².